The number of nitrogens with zero attached hydrogens (tertiary/aromatic N) is 1. The van der Waals surface area contributed by atoms with Crippen molar-refractivity contribution in [2.45, 2.75) is 6.04 Å². The average Bonchev–Trinajstić information content (AvgIpc) is 2.53. The van der Waals surface area contributed by atoms with Crippen LogP contribution < -0.4 is 5.32 Å². The maximum absolute atomic E-state index is 12.5. The molecule has 1 aliphatic heterocycles. The van der Waals surface area contributed by atoms with Crippen molar-refractivity contribution in [1.82, 2.24) is 10.2 Å². The number of rotatable bonds is 6. The Morgan fingerprint density at radius 3 is 2.79 bits per heavy atom. The van der Waals surface area contributed by atoms with Gasteiger partial charge in [0.1, 0.15) is 5.75 Å². The van der Waals surface area contributed by atoms with Crippen molar-refractivity contribution < 1.29 is 17.9 Å². The fourth-order valence-electron chi connectivity index (χ4n) is 2.58. The van der Waals surface area contributed by atoms with Gasteiger partial charge < -0.3 is 15.0 Å². The van der Waals surface area contributed by atoms with Crippen LogP contribution in [-0.2, 0) is 19.4 Å². The van der Waals surface area contributed by atoms with Crippen LogP contribution in [0.1, 0.15) is 11.6 Å². The topological polar surface area (TPSA) is 75.7 Å². The molecule has 1 aromatic carbocycles. The number of carbonyl (C=O) groups excluding carboxylic acids is 1. The zero-order valence-electron chi connectivity index (χ0n) is 13.4. The highest BCUT2D eigenvalue weighted by Gasteiger charge is 2.31. The molecule has 0 aliphatic carbocycles. The number of hydrogen-bond acceptors (Lipinski definition) is 5. The molecular formula is C15H22Cl2N2O4S. The predicted octanol–water partition coefficient (Wildman–Crippen LogP) is 1.30. The van der Waals surface area contributed by atoms with E-state index in [0.717, 1.165) is 5.56 Å². The molecule has 136 valence electrons. The van der Waals surface area contributed by atoms with E-state index in [0.29, 0.717) is 24.7 Å². The van der Waals surface area contributed by atoms with Crippen LogP contribution in [0.4, 0.5) is 0 Å². The van der Waals surface area contributed by atoms with Gasteiger partial charge in [0.25, 0.3) is 0 Å². The first-order valence-electron chi connectivity index (χ1n) is 7.38. The number of amides is 1. The minimum absolute atomic E-state index is 0. The summed E-state index contributed by atoms with van der Waals surface area (Å²) in [6, 6.07) is 7.04. The monoisotopic (exact) mass is 396 g/mol. The van der Waals surface area contributed by atoms with Gasteiger partial charge in [-0.25, -0.2) is 8.42 Å². The van der Waals surface area contributed by atoms with Crippen molar-refractivity contribution in [3.8, 4) is 0 Å². The summed E-state index contributed by atoms with van der Waals surface area (Å²) >= 11 is 6.23. The molecule has 24 heavy (non-hydrogen) atoms. The van der Waals surface area contributed by atoms with Gasteiger partial charge >= 0.3 is 0 Å². The molecule has 1 unspecified atom stereocenters. The van der Waals surface area contributed by atoms with Crippen LogP contribution in [-0.4, -0.2) is 64.1 Å². The Morgan fingerprint density at radius 1 is 1.42 bits per heavy atom. The first kappa shape index (κ1) is 21.2. The molecule has 0 spiro atoms. The van der Waals surface area contributed by atoms with Gasteiger partial charge in [-0.15, -0.1) is 12.4 Å². The van der Waals surface area contributed by atoms with Gasteiger partial charge in [-0.3, -0.25) is 4.79 Å². The van der Waals surface area contributed by atoms with Crippen LogP contribution >= 0.6 is 24.0 Å². The van der Waals surface area contributed by atoms with Crippen molar-refractivity contribution in [2.75, 3.05) is 44.9 Å². The summed E-state index contributed by atoms with van der Waals surface area (Å²) in [7, 11) is -2.05. The van der Waals surface area contributed by atoms with Crippen LogP contribution in [0.15, 0.2) is 24.3 Å². The summed E-state index contributed by atoms with van der Waals surface area (Å²) in [4.78, 5) is 14.1. The third-order valence-corrected chi connectivity index (χ3v) is 5.59. The van der Waals surface area contributed by atoms with Crippen LogP contribution in [0.25, 0.3) is 0 Å². The van der Waals surface area contributed by atoms with Gasteiger partial charge in [-0.2, -0.15) is 0 Å². The number of nitrogens with one attached hydrogen (secondary N) is 1. The van der Waals surface area contributed by atoms with Crippen LogP contribution in [0.5, 0.6) is 0 Å². The molecule has 6 nitrogen and oxygen atoms in total. The molecule has 2 rings (SSSR count). The first-order valence-corrected chi connectivity index (χ1v) is 9.58. The predicted molar refractivity (Wildman–Crippen MR) is 96.6 cm³/mol. The Kier molecular flexibility index (Phi) is 8.45. The maximum atomic E-state index is 12.5. The van der Waals surface area contributed by atoms with Gasteiger partial charge in [-0.05, 0) is 11.6 Å². The summed E-state index contributed by atoms with van der Waals surface area (Å²) in [5.74, 6) is -1.05. The zero-order valence-corrected chi connectivity index (χ0v) is 15.8. The van der Waals surface area contributed by atoms with E-state index in [1.54, 1.807) is 11.0 Å². The fraction of sp³-hybridized carbons (Fsp3) is 0.533. The molecule has 0 saturated carbocycles. The normalized spacial score (nSPS) is 18.1. The van der Waals surface area contributed by atoms with E-state index in [9.17, 15) is 13.2 Å². The number of piperazine rings is 1. The molecule has 1 saturated heterocycles. The Morgan fingerprint density at radius 2 is 2.12 bits per heavy atom. The van der Waals surface area contributed by atoms with Crippen molar-refractivity contribution in [3.05, 3.63) is 34.9 Å². The summed E-state index contributed by atoms with van der Waals surface area (Å²) in [5.41, 5.74) is 0.823. The Bertz CT molecular complexity index is 655. The molecule has 9 heteroatoms. The van der Waals surface area contributed by atoms with E-state index >= 15 is 0 Å². The minimum atomic E-state index is -3.48. The van der Waals surface area contributed by atoms with Crippen molar-refractivity contribution in [1.29, 1.82) is 0 Å². The summed E-state index contributed by atoms with van der Waals surface area (Å²) in [5, 5.41) is 3.79. The third kappa shape index (κ3) is 5.60. The first-order chi connectivity index (χ1) is 10.9. The lowest BCUT2D eigenvalue weighted by atomic mass is 10.0. The molecule has 1 aromatic rings. The molecule has 1 amide bonds. The second-order valence-electron chi connectivity index (χ2n) is 5.41. The molecule has 1 heterocycles. The largest absolute Gasteiger partial charge is 0.384 e. The highest BCUT2D eigenvalue weighted by molar-refractivity contribution is 7.92. The number of hydrogen-bond donors (Lipinski definition) is 1. The highest BCUT2D eigenvalue weighted by Crippen LogP contribution is 2.28. The van der Waals surface area contributed by atoms with Crippen molar-refractivity contribution in [2.24, 2.45) is 0 Å². The zero-order chi connectivity index (χ0) is 16.9. The van der Waals surface area contributed by atoms with E-state index in [1.807, 2.05) is 18.2 Å². The van der Waals surface area contributed by atoms with E-state index in [4.69, 9.17) is 16.3 Å². The standard InChI is InChI=1S/C15H21ClN2O4S.ClH/c1-22-8-9-23(20,21)11-15(19)18-7-6-17-10-14(18)12-4-2-3-5-13(12)16;/h2-5,14,17H,6-11H2,1H3;1H. The van der Waals surface area contributed by atoms with Crippen molar-refractivity contribution >= 4 is 39.8 Å². The molecular weight excluding hydrogens is 375 g/mol. The minimum Gasteiger partial charge on any atom is -0.384 e. The smallest absolute Gasteiger partial charge is 0.238 e. The molecule has 1 N–H and O–H groups in total. The summed E-state index contributed by atoms with van der Waals surface area (Å²) in [6.07, 6.45) is 0. The second kappa shape index (κ2) is 9.58. The SMILES string of the molecule is COCCS(=O)(=O)CC(=O)N1CCNCC1c1ccccc1Cl.Cl. The van der Waals surface area contributed by atoms with Gasteiger partial charge in [0.05, 0.1) is 18.4 Å². The molecule has 1 aliphatic rings. The maximum Gasteiger partial charge on any atom is 0.238 e. The van der Waals surface area contributed by atoms with Crippen LogP contribution in [0.2, 0.25) is 5.02 Å². The lowest BCUT2D eigenvalue weighted by molar-refractivity contribution is -0.131. The number of ether oxygens (including phenoxy) is 1. The van der Waals surface area contributed by atoms with Gasteiger partial charge in [0.15, 0.2) is 9.84 Å². The summed E-state index contributed by atoms with van der Waals surface area (Å²) < 4.78 is 28.7. The lowest BCUT2D eigenvalue weighted by Crippen LogP contribution is -2.50. The summed E-state index contributed by atoms with van der Waals surface area (Å²) in [6.45, 7) is 1.72. The number of methoxy groups -OCH3 is 1. The van der Waals surface area contributed by atoms with E-state index < -0.39 is 21.5 Å². The van der Waals surface area contributed by atoms with Gasteiger partial charge in [0, 0.05) is 31.8 Å². The van der Waals surface area contributed by atoms with Crippen LogP contribution in [0.3, 0.4) is 0 Å². The number of halogens is 2. The highest BCUT2D eigenvalue weighted by atomic mass is 35.5. The van der Waals surface area contributed by atoms with Crippen molar-refractivity contribution in [3.63, 3.8) is 0 Å². The number of sulfone groups is 1. The van der Waals surface area contributed by atoms with E-state index in [1.165, 1.54) is 7.11 Å². The molecule has 0 bridgehead atoms. The quantitative estimate of drug-likeness (QED) is 0.783. The average molecular weight is 397 g/mol. The Hall–Kier alpha value is -0.860. The molecule has 1 fully saturated rings. The van der Waals surface area contributed by atoms with E-state index in [2.05, 4.69) is 5.32 Å². The van der Waals surface area contributed by atoms with Gasteiger partial charge in [0.2, 0.25) is 5.91 Å². The molecule has 0 radical (unpaired) electrons. The number of benzene rings is 1. The third-order valence-electron chi connectivity index (χ3n) is 3.77. The Labute approximate surface area is 153 Å². The molecule has 1 atom stereocenters. The second-order valence-corrected chi connectivity index (χ2v) is 8.00. The fourth-order valence-corrected chi connectivity index (χ4v) is 3.95. The number of carbonyl (C=O) groups is 1. The lowest BCUT2D eigenvalue weighted by Gasteiger charge is -2.37. The Balaban J connectivity index is 0.00000288. The molecule has 0 aromatic heterocycles. The van der Waals surface area contributed by atoms with Gasteiger partial charge in [-0.1, -0.05) is 29.8 Å². The van der Waals surface area contributed by atoms with Crippen LogP contribution in [0, 0.1) is 0 Å². The van der Waals surface area contributed by atoms with E-state index in [-0.39, 0.29) is 30.8 Å².